The van der Waals surface area contributed by atoms with Crippen LogP contribution in [-0.2, 0) is 0 Å². The topological polar surface area (TPSA) is 42.9 Å². The SMILES string of the molecule is CCNC(=NCC1CCCN(C)C1c1cccs1)NC1CCN(CC(C)C)CC1. The predicted octanol–water partition coefficient (Wildman–Crippen LogP) is 3.81. The normalized spacial score (nSPS) is 25.5. The molecule has 2 unspecified atom stereocenters. The average molecular weight is 420 g/mol. The summed E-state index contributed by atoms with van der Waals surface area (Å²) in [6.45, 7) is 13.4. The summed E-state index contributed by atoms with van der Waals surface area (Å²) in [6, 6.07) is 5.52. The number of likely N-dealkylation sites (tertiary alicyclic amines) is 2. The second-order valence-corrected chi connectivity index (χ2v) is 10.2. The molecular weight excluding hydrogens is 378 g/mol. The van der Waals surface area contributed by atoms with Gasteiger partial charge in [-0.25, -0.2) is 0 Å². The zero-order valence-electron chi connectivity index (χ0n) is 18.9. The summed E-state index contributed by atoms with van der Waals surface area (Å²) in [6.07, 6.45) is 4.96. The van der Waals surface area contributed by atoms with E-state index in [4.69, 9.17) is 4.99 Å². The van der Waals surface area contributed by atoms with Crippen LogP contribution in [0.3, 0.4) is 0 Å². The lowest BCUT2D eigenvalue weighted by Gasteiger charge is -2.38. The fourth-order valence-electron chi connectivity index (χ4n) is 4.86. The molecule has 2 N–H and O–H groups in total. The molecule has 0 aromatic carbocycles. The van der Waals surface area contributed by atoms with Crippen molar-refractivity contribution in [3.8, 4) is 0 Å². The quantitative estimate of drug-likeness (QED) is 0.521. The van der Waals surface area contributed by atoms with E-state index in [1.54, 1.807) is 0 Å². The molecule has 0 spiro atoms. The number of piperidine rings is 2. The molecule has 0 amide bonds. The van der Waals surface area contributed by atoms with E-state index < -0.39 is 0 Å². The molecule has 1 aromatic rings. The summed E-state index contributed by atoms with van der Waals surface area (Å²) in [4.78, 5) is 11.7. The van der Waals surface area contributed by atoms with Crippen LogP contribution in [0.15, 0.2) is 22.5 Å². The Hall–Kier alpha value is -1.11. The van der Waals surface area contributed by atoms with Crippen molar-refractivity contribution in [2.75, 3.05) is 46.3 Å². The van der Waals surface area contributed by atoms with E-state index in [1.807, 2.05) is 11.3 Å². The van der Waals surface area contributed by atoms with Crippen LogP contribution >= 0.6 is 11.3 Å². The van der Waals surface area contributed by atoms with Gasteiger partial charge in [0.2, 0.25) is 0 Å². The Morgan fingerprint density at radius 3 is 2.69 bits per heavy atom. The average Bonchev–Trinajstić information content (AvgIpc) is 3.21. The predicted molar refractivity (Wildman–Crippen MR) is 126 cm³/mol. The first-order chi connectivity index (χ1) is 14.1. The van der Waals surface area contributed by atoms with Gasteiger partial charge in [-0.05, 0) is 69.5 Å². The number of aliphatic imine (C=N–C) groups is 1. The molecule has 0 aliphatic carbocycles. The van der Waals surface area contributed by atoms with Crippen LogP contribution in [-0.4, -0.2) is 68.1 Å². The molecule has 0 saturated carbocycles. The van der Waals surface area contributed by atoms with Crippen molar-refractivity contribution in [1.82, 2.24) is 20.4 Å². The zero-order chi connectivity index (χ0) is 20.6. The maximum absolute atomic E-state index is 5.05. The number of guanidine groups is 1. The summed E-state index contributed by atoms with van der Waals surface area (Å²) in [5.41, 5.74) is 0. The fourth-order valence-corrected chi connectivity index (χ4v) is 5.84. The van der Waals surface area contributed by atoms with E-state index in [1.165, 1.54) is 56.7 Å². The Labute approximate surface area is 182 Å². The molecule has 5 nitrogen and oxygen atoms in total. The molecule has 2 aliphatic heterocycles. The Kier molecular flexibility index (Phi) is 8.82. The minimum absolute atomic E-state index is 0.509. The number of hydrogen-bond donors (Lipinski definition) is 2. The largest absolute Gasteiger partial charge is 0.357 e. The van der Waals surface area contributed by atoms with Gasteiger partial charge >= 0.3 is 0 Å². The van der Waals surface area contributed by atoms with Gasteiger partial charge in [0.05, 0.1) is 0 Å². The lowest BCUT2D eigenvalue weighted by molar-refractivity contribution is 0.128. The second kappa shape index (κ2) is 11.3. The maximum Gasteiger partial charge on any atom is 0.191 e. The second-order valence-electron chi connectivity index (χ2n) is 9.18. The van der Waals surface area contributed by atoms with Crippen LogP contribution in [0, 0.1) is 11.8 Å². The van der Waals surface area contributed by atoms with Crippen molar-refractivity contribution >= 4 is 17.3 Å². The number of thiophene rings is 1. The minimum Gasteiger partial charge on any atom is -0.357 e. The van der Waals surface area contributed by atoms with Gasteiger partial charge in [0.15, 0.2) is 5.96 Å². The van der Waals surface area contributed by atoms with Gasteiger partial charge in [-0.1, -0.05) is 19.9 Å². The third-order valence-corrected chi connectivity index (χ3v) is 7.16. The molecule has 3 rings (SSSR count). The lowest BCUT2D eigenvalue weighted by atomic mass is 9.88. The van der Waals surface area contributed by atoms with Crippen molar-refractivity contribution in [1.29, 1.82) is 0 Å². The summed E-state index contributed by atoms with van der Waals surface area (Å²) >= 11 is 1.89. The summed E-state index contributed by atoms with van der Waals surface area (Å²) in [5, 5.41) is 9.42. The Morgan fingerprint density at radius 1 is 1.24 bits per heavy atom. The monoisotopic (exact) mass is 419 g/mol. The smallest absolute Gasteiger partial charge is 0.191 e. The Balaban J connectivity index is 1.57. The molecule has 2 saturated heterocycles. The number of nitrogens with zero attached hydrogens (tertiary/aromatic N) is 3. The van der Waals surface area contributed by atoms with Gasteiger partial charge in [-0.15, -0.1) is 11.3 Å². The third-order valence-electron chi connectivity index (χ3n) is 6.22. The van der Waals surface area contributed by atoms with Crippen LogP contribution in [0.5, 0.6) is 0 Å². The molecule has 0 bridgehead atoms. The van der Waals surface area contributed by atoms with Crippen LogP contribution in [0.2, 0.25) is 0 Å². The maximum atomic E-state index is 5.05. The molecule has 3 heterocycles. The summed E-state index contributed by atoms with van der Waals surface area (Å²) in [7, 11) is 2.27. The van der Waals surface area contributed by atoms with E-state index in [2.05, 4.69) is 65.8 Å². The van der Waals surface area contributed by atoms with E-state index >= 15 is 0 Å². The third kappa shape index (κ3) is 6.69. The van der Waals surface area contributed by atoms with Crippen molar-refractivity contribution < 1.29 is 0 Å². The van der Waals surface area contributed by atoms with Crippen LogP contribution in [0.4, 0.5) is 0 Å². The number of nitrogens with one attached hydrogen (secondary N) is 2. The zero-order valence-corrected chi connectivity index (χ0v) is 19.7. The van der Waals surface area contributed by atoms with E-state index in [9.17, 15) is 0 Å². The minimum atomic E-state index is 0.509. The van der Waals surface area contributed by atoms with Crippen molar-refractivity contribution in [3.05, 3.63) is 22.4 Å². The van der Waals surface area contributed by atoms with Gasteiger partial charge in [-0.2, -0.15) is 0 Å². The standard InChI is InChI=1S/C23H41N5S/c1-5-24-23(26-20-10-13-28(14-11-20)17-18(2)3)25-16-19-8-6-12-27(4)22(19)21-9-7-15-29-21/h7,9,15,18-20,22H,5-6,8,10-14,16-17H2,1-4H3,(H2,24,25,26). The van der Waals surface area contributed by atoms with Gasteiger partial charge in [0.1, 0.15) is 0 Å². The molecule has 6 heteroatoms. The highest BCUT2D eigenvalue weighted by Gasteiger charge is 2.31. The molecule has 1 aromatic heterocycles. The lowest BCUT2D eigenvalue weighted by Crippen LogP contribution is -2.49. The van der Waals surface area contributed by atoms with E-state index in [-0.39, 0.29) is 0 Å². The van der Waals surface area contributed by atoms with Gasteiger partial charge in [0, 0.05) is 49.7 Å². The summed E-state index contributed by atoms with van der Waals surface area (Å²) < 4.78 is 0. The van der Waals surface area contributed by atoms with Crippen molar-refractivity contribution in [2.45, 2.75) is 58.5 Å². The Bertz CT molecular complexity index is 607. The van der Waals surface area contributed by atoms with Gasteiger partial charge in [0.25, 0.3) is 0 Å². The molecule has 2 atom stereocenters. The highest BCUT2D eigenvalue weighted by Crippen LogP contribution is 2.37. The van der Waals surface area contributed by atoms with Gasteiger partial charge in [-0.3, -0.25) is 9.89 Å². The highest BCUT2D eigenvalue weighted by atomic mass is 32.1. The van der Waals surface area contributed by atoms with E-state index in [0.717, 1.165) is 25.0 Å². The highest BCUT2D eigenvalue weighted by molar-refractivity contribution is 7.10. The molecular formula is C23H41N5S. The van der Waals surface area contributed by atoms with Crippen molar-refractivity contribution in [3.63, 3.8) is 0 Å². The number of rotatable bonds is 7. The summed E-state index contributed by atoms with van der Waals surface area (Å²) in [5.74, 6) is 2.35. The van der Waals surface area contributed by atoms with Gasteiger partial charge < -0.3 is 15.5 Å². The molecule has 29 heavy (non-hydrogen) atoms. The van der Waals surface area contributed by atoms with Crippen LogP contribution < -0.4 is 10.6 Å². The first-order valence-electron chi connectivity index (χ1n) is 11.6. The van der Waals surface area contributed by atoms with Crippen LogP contribution in [0.25, 0.3) is 0 Å². The number of hydrogen-bond acceptors (Lipinski definition) is 4. The molecule has 164 valence electrons. The van der Waals surface area contributed by atoms with Crippen LogP contribution in [0.1, 0.15) is 57.4 Å². The fraction of sp³-hybridized carbons (Fsp3) is 0.783. The molecule has 0 radical (unpaired) electrons. The first kappa shape index (κ1) is 22.6. The van der Waals surface area contributed by atoms with E-state index in [0.29, 0.717) is 18.0 Å². The van der Waals surface area contributed by atoms with Crippen molar-refractivity contribution in [2.24, 2.45) is 16.8 Å². The molecule has 2 fully saturated rings. The first-order valence-corrected chi connectivity index (χ1v) is 12.5. The Morgan fingerprint density at radius 2 is 2.03 bits per heavy atom. The molecule has 2 aliphatic rings.